The van der Waals surface area contributed by atoms with Gasteiger partial charge in [-0.2, -0.15) is 4.31 Å². The number of fused-ring (bicyclic) bond motifs is 1. The Hall–Kier alpha value is -3.73. The number of nitrogen functional groups attached to an aromatic ring is 2. The van der Waals surface area contributed by atoms with Crippen molar-refractivity contribution < 1.29 is 17.9 Å². The molecule has 0 aliphatic carbocycles. The lowest BCUT2D eigenvalue weighted by molar-refractivity contribution is 0.0981. The monoisotopic (exact) mass is 575 g/mol. The largest absolute Gasteiger partial charge is 0.493 e. The van der Waals surface area contributed by atoms with Crippen LogP contribution in [0, 0.1) is 0 Å². The van der Waals surface area contributed by atoms with Crippen LogP contribution in [0.25, 0.3) is 0 Å². The number of nitrogens with two attached hydrogens (primary N) is 2. The van der Waals surface area contributed by atoms with Gasteiger partial charge in [0.25, 0.3) is 0 Å². The van der Waals surface area contributed by atoms with Gasteiger partial charge in [0.2, 0.25) is 10.0 Å². The standard InChI is InChI=1S/C31H37N5O4S/c1-2-17-40-31-12-11-23(41(38,39)36-15-13-35(14-16-36)21-22-7-4-3-5-8-22)18-25(31)28-9-6-10-30(37)24-19-26(32)27(33)20-29(24)34-28/h3-5,7-8,11-12,18-20H,2,6,9-10,13-17,21,32-33H2,1H3. The summed E-state index contributed by atoms with van der Waals surface area (Å²) in [5, 5.41) is 0. The Kier molecular flexibility index (Phi) is 8.72. The molecule has 0 amide bonds. The summed E-state index contributed by atoms with van der Waals surface area (Å²) in [5.41, 5.74) is 16.0. The predicted octanol–water partition coefficient (Wildman–Crippen LogP) is 4.63. The SMILES string of the molecule is CCCOc1ccc(S(=O)(=O)N2CCN(Cc3ccccc3)CC2)cc1C1=Nc2cc(N)c(N)cc2C(=O)CCC1. The summed E-state index contributed by atoms with van der Waals surface area (Å²) in [7, 11) is -3.75. The number of nitrogens with zero attached hydrogens (tertiary/aromatic N) is 3. The zero-order valence-corrected chi connectivity index (χ0v) is 24.2. The average Bonchev–Trinajstić information content (AvgIpc) is 2.97. The maximum absolute atomic E-state index is 13.8. The van der Waals surface area contributed by atoms with Crippen molar-refractivity contribution >= 4 is 38.6 Å². The van der Waals surface area contributed by atoms with Gasteiger partial charge in [0.15, 0.2) is 5.78 Å². The molecule has 2 aliphatic rings. The first-order valence-electron chi connectivity index (χ1n) is 14.1. The van der Waals surface area contributed by atoms with Crippen molar-refractivity contribution in [2.75, 3.05) is 44.3 Å². The molecule has 10 heteroatoms. The second-order valence-electron chi connectivity index (χ2n) is 10.5. The first-order chi connectivity index (χ1) is 19.8. The van der Waals surface area contributed by atoms with Crippen LogP contribution in [0.4, 0.5) is 17.1 Å². The number of sulfonamides is 1. The number of ether oxygens (including phenoxy) is 1. The third kappa shape index (κ3) is 6.45. The molecule has 2 aliphatic heterocycles. The molecule has 0 atom stereocenters. The molecule has 2 heterocycles. The van der Waals surface area contributed by atoms with Gasteiger partial charge in [-0.3, -0.25) is 14.7 Å². The highest BCUT2D eigenvalue weighted by Gasteiger charge is 2.30. The number of benzene rings is 3. The smallest absolute Gasteiger partial charge is 0.243 e. The Labute approximate surface area is 241 Å². The summed E-state index contributed by atoms with van der Waals surface area (Å²) in [5.74, 6) is 0.522. The molecule has 41 heavy (non-hydrogen) atoms. The van der Waals surface area contributed by atoms with Crippen molar-refractivity contribution in [2.45, 2.75) is 44.0 Å². The summed E-state index contributed by atoms with van der Waals surface area (Å²) in [6, 6.07) is 18.4. The van der Waals surface area contributed by atoms with Gasteiger partial charge in [-0.1, -0.05) is 37.3 Å². The molecule has 5 rings (SSSR count). The molecule has 3 aromatic carbocycles. The van der Waals surface area contributed by atoms with Crippen LogP contribution in [0.2, 0.25) is 0 Å². The zero-order valence-electron chi connectivity index (χ0n) is 23.4. The van der Waals surface area contributed by atoms with E-state index in [1.165, 1.54) is 5.56 Å². The van der Waals surface area contributed by atoms with Crippen LogP contribution in [-0.4, -0.2) is 61.9 Å². The normalized spacial score (nSPS) is 16.9. The number of aliphatic imine (C=N–C) groups is 1. The molecular formula is C31H37N5O4S. The molecule has 3 aromatic rings. The summed E-state index contributed by atoms with van der Waals surface area (Å²) >= 11 is 0. The summed E-state index contributed by atoms with van der Waals surface area (Å²) in [6.07, 6.45) is 2.17. The molecular weight excluding hydrogens is 538 g/mol. The Morgan fingerprint density at radius 2 is 1.63 bits per heavy atom. The Morgan fingerprint density at radius 3 is 2.37 bits per heavy atom. The molecule has 4 N–H and O–H groups in total. The van der Waals surface area contributed by atoms with Gasteiger partial charge in [-0.15, -0.1) is 0 Å². The molecule has 0 saturated carbocycles. The van der Waals surface area contributed by atoms with Gasteiger partial charge < -0.3 is 16.2 Å². The fourth-order valence-electron chi connectivity index (χ4n) is 5.24. The molecule has 216 valence electrons. The van der Waals surface area contributed by atoms with Crippen molar-refractivity contribution in [2.24, 2.45) is 4.99 Å². The molecule has 0 unspecified atom stereocenters. The van der Waals surface area contributed by atoms with Crippen LogP contribution in [0.3, 0.4) is 0 Å². The first-order valence-corrected chi connectivity index (χ1v) is 15.5. The Bertz CT molecular complexity index is 1550. The number of piperazine rings is 1. The fourth-order valence-corrected chi connectivity index (χ4v) is 6.68. The van der Waals surface area contributed by atoms with Gasteiger partial charge in [-0.25, -0.2) is 8.42 Å². The summed E-state index contributed by atoms with van der Waals surface area (Å²) < 4.78 is 35.2. The van der Waals surface area contributed by atoms with E-state index in [0.29, 0.717) is 91.7 Å². The van der Waals surface area contributed by atoms with Crippen molar-refractivity contribution in [1.29, 1.82) is 0 Å². The third-order valence-electron chi connectivity index (χ3n) is 7.52. The molecule has 0 bridgehead atoms. The number of ketones is 1. The van der Waals surface area contributed by atoms with E-state index < -0.39 is 10.0 Å². The van der Waals surface area contributed by atoms with E-state index in [1.54, 1.807) is 34.6 Å². The van der Waals surface area contributed by atoms with Crippen LogP contribution in [-0.2, 0) is 16.6 Å². The van der Waals surface area contributed by atoms with Crippen LogP contribution in [0.5, 0.6) is 5.75 Å². The molecule has 9 nitrogen and oxygen atoms in total. The van der Waals surface area contributed by atoms with Gasteiger partial charge >= 0.3 is 0 Å². The van der Waals surface area contributed by atoms with Gasteiger partial charge in [0.05, 0.1) is 34.3 Å². The van der Waals surface area contributed by atoms with E-state index in [2.05, 4.69) is 17.0 Å². The molecule has 0 aromatic heterocycles. The van der Waals surface area contributed by atoms with Gasteiger partial charge in [0, 0.05) is 50.3 Å². The highest BCUT2D eigenvalue weighted by atomic mass is 32.2. The molecule has 0 spiro atoms. The molecule has 1 fully saturated rings. The lowest BCUT2D eigenvalue weighted by Crippen LogP contribution is -2.48. The van der Waals surface area contributed by atoms with Crippen LogP contribution in [0.1, 0.15) is 54.1 Å². The number of anilines is 2. The quantitative estimate of drug-likeness (QED) is 0.374. The van der Waals surface area contributed by atoms with E-state index in [9.17, 15) is 13.2 Å². The fraction of sp³-hybridized carbons (Fsp3) is 0.355. The minimum atomic E-state index is -3.75. The Morgan fingerprint density at radius 1 is 0.902 bits per heavy atom. The first kappa shape index (κ1) is 28.8. The van der Waals surface area contributed by atoms with Gasteiger partial charge in [-0.05, 0) is 55.2 Å². The molecule has 1 saturated heterocycles. The number of carbonyl (C=O) groups is 1. The van der Waals surface area contributed by atoms with Crippen molar-refractivity contribution in [3.05, 3.63) is 77.4 Å². The van der Waals surface area contributed by atoms with E-state index in [4.69, 9.17) is 21.2 Å². The van der Waals surface area contributed by atoms with Crippen LogP contribution in [0.15, 0.2) is 70.6 Å². The van der Waals surface area contributed by atoms with E-state index in [-0.39, 0.29) is 10.7 Å². The van der Waals surface area contributed by atoms with E-state index in [1.807, 2.05) is 25.1 Å². The maximum atomic E-state index is 13.8. The lowest BCUT2D eigenvalue weighted by atomic mass is 9.96. The highest BCUT2D eigenvalue weighted by molar-refractivity contribution is 7.89. The second kappa shape index (κ2) is 12.4. The molecule has 0 radical (unpaired) electrons. The van der Waals surface area contributed by atoms with Crippen LogP contribution < -0.4 is 16.2 Å². The maximum Gasteiger partial charge on any atom is 0.243 e. The predicted molar refractivity (Wildman–Crippen MR) is 162 cm³/mol. The summed E-state index contributed by atoms with van der Waals surface area (Å²) in [4.78, 5) is 20.1. The number of hydrogen-bond donors (Lipinski definition) is 2. The van der Waals surface area contributed by atoms with Crippen molar-refractivity contribution in [3.8, 4) is 5.75 Å². The van der Waals surface area contributed by atoms with Crippen molar-refractivity contribution in [1.82, 2.24) is 9.21 Å². The lowest BCUT2D eigenvalue weighted by Gasteiger charge is -2.34. The third-order valence-corrected chi connectivity index (χ3v) is 9.41. The summed E-state index contributed by atoms with van der Waals surface area (Å²) in [6.45, 7) is 5.42. The minimum absolute atomic E-state index is 0.0420. The Balaban J connectivity index is 1.45. The van der Waals surface area contributed by atoms with E-state index >= 15 is 0 Å². The number of rotatable bonds is 8. The number of Topliss-reactive ketones (excluding diaryl/α,β-unsaturated/α-hetero) is 1. The van der Waals surface area contributed by atoms with Crippen molar-refractivity contribution in [3.63, 3.8) is 0 Å². The van der Waals surface area contributed by atoms with E-state index in [0.717, 1.165) is 13.0 Å². The zero-order chi connectivity index (χ0) is 29.0. The average molecular weight is 576 g/mol. The van der Waals surface area contributed by atoms with Gasteiger partial charge in [0.1, 0.15) is 5.75 Å². The second-order valence-corrected chi connectivity index (χ2v) is 12.4. The van der Waals surface area contributed by atoms with Crippen LogP contribution >= 0.6 is 0 Å². The minimum Gasteiger partial charge on any atom is -0.493 e. The number of hydrogen-bond acceptors (Lipinski definition) is 8. The number of carbonyl (C=O) groups excluding carboxylic acids is 1. The highest BCUT2D eigenvalue weighted by Crippen LogP contribution is 2.34. The topological polar surface area (TPSA) is 131 Å².